The summed E-state index contributed by atoms with van der Waals surface area (Å²) in [6.07, 6.45) is 2.09. The first-order chi connectivity index (χ1) is 7.61. The van der Waals surface area contributed by atoms with Gasteiger partial charge < -0.3 is 16.0 Å². The van der Waals surface area contributed by atoms with Crippen molar-refractivity contribution in [2.45, 2.75) is 12.8 Å². The van der Waals surface area contributed by atoms with Crippen LogP contribution >= 0.6 is 11.3 Å². The van der Waals surface area contributed by atoms with Gasteiger partial charge >= 0.3 is 0 Å². The minimum Gasteiger partial charge on any atom is -0.397 e. The molecule has 3 N–H and O–H groups in total. The highest BCUT2D eigenvalue weighted by atomic mass is 32.1. The maximum absolute atomic E-state index is 11.6. The summed E-state index contributed by atoms with van der Waals surface area (Å²) in [5, 5.41) is 4.70. The number of nitrogens with two attached hydrogens (primary N) is 1. The monoisotopic (exact) mass is 241 g/mol. The number of unbranched alkanes of at least 4 members (excludes halogenated alkanes) is 1. The molecule has 0 atom stereocenters. The predicted molar refractivity (Wildman–Crippen MR) is 68.9 cm³/mol. The molecule has 0 saturated carbocycles. The van der Waals surface area contributed by atoms with Crippen LogP contribution in [0.3, 0.4) is 0 Å². The van der Waals surface area contributed by atoms with Crippen LogP contribution < -0.4 is 11.1 Å². The van der Waals surface area contributed by atoms with Gasteiger partial charge in [-0.05, 0) is 44.9 Å². The Balaban J connectivity index is 2.19. The third-order valence-electron chi connectivity index (χ3n) is 2.22. The highest BCUT2D eigenvalue weighted by Crippen LogP contribution is 2.18. The van der Waals surface area contributed by atoms with Crippen LogP contribution in [0.1, 0.15) is 22.5 Å². The summed E-state index contributed by atoms with van der Waals surface area (Å²) >= 11 is 1.38. The molecule has 0 bridgehead atoms. The first-order valence-electron chi connectivity index (χ1n) is 5.37. The van der Waals surface area contributed by atoms with Gasteiger partial charge in [-0.3, -0.25) is 4.79 Å². The number of nitrogen functional groups attached to an aromatic ring is 1. The van der Waals surface area contributed by atoms with Crippen LogP contribution in [0.4, 0.5) is 5.69 Å². The maximum atomic E-state index is 11.6. The fourth-order valence-corrected chi connectivity index (χ4v) is 2.07. The normalized spacial score (nSPS) is 10.7. The van der Waals surface area contributed by atoms with Crippen LogP contribution in [0, 0.1) is 0 Å². The van der Waals surface area contributed by atoms with E-state index in [-0.39, 0.29) is 5.91 Å². The molecule has 0 radical (unpaired) electrons. The van der Waals surface area contributed by atoms with Gasteiger partial charge in [-0.1, -0.05) is 0 Å². The van der Waals surface area contributed by atoms with E-state index in [0.29, 0.717) is 17.1 Å². The Morgan fingerprint density at radius 3 is 2.81 bits per heavy atom. The van der Waals surface area contributed by atoms with Gasteiger partial charge in [-0.15, -0.1) is 11.3 Å². The summed E-state index contributed by atoms with van der Waals surface area (Å²) in [7, 11) is 4.09. The third-order valence-corrected chi connectivity index (χ3v) is 3.15. The molecule has 90 valence electrons. The van der Waals surface area contributed by atoms with Crippen LogP contribution in [0.5, 0.6) is 0 Å². The van der Waals surface area contributed by atoms with E-state index in [1.807, 2.05) is 19.5 Å². The zero-order valence-corrected chi connectivity index (χ0v) is 10.6. The quantitative estimate of drug-likeness (QED) is 0.740. The number of carbonyl (C=O) groups is 1. The molecule has 1 rings (SSSR count). The first-order valence-corrected chi connectivity index (χ1v) is 6.25. The van der Waals surface area contributed by atoms with Crippen molar-refractivity contribution in [2.75, 3.05) is 32.9 Å². The Morgan fingerprint density at radius 2 is 2.25 bits per heavy atom. The van der Waals surface area contributed by atoms with Crippen LogP contribution in [-0.4, -0.2) is 38.0 Å². The Bertz CT molecular complexity index is 336. The van der Waals surface area contributed by atoms with Crippen molar-refractivity contribution < 1.29 is 4.79 Å². The molecular weight excluding hydrogens is 222 g/mol. The zero-order chi connectivity index (χ0) is 12.0. The Kier molecular flexibility index (Phi) is 5.28. The van der Waals surface area contributed by atoms with Crippen molar-refractivity contribution in [3.8, 4) is 0 Å². The number of thiophene rings is 1. The van der Waals surface area contributed by atoms with Crippen LogP contribution in [-0.2, 0) is 0 Å². The average molecular weight is 241 g/mol. The lowest BCUT2D eigenvalue weighted by atomic mass is 10.3. The summed E-state index contributed by atoms with van der Waals surface area (Å²) in [5.74, 6) is -0.0580. The van der Waals surface area contributed by atoms with Crippen molar-refractivity contribution in [1.82, 2.24) is 10.2 Å². The van der Waals surface area contributed by atoms with Crippen LogP contribution in [0.25, 0.3) is 0 Å². The second-order valence-electron chi connectivity index (χ2n) is 3.97. The number of anilines is 1. The molecule has 0 aliphatic carbocycles. The van der Waals surface area contributed by atoms with E-state index in [9.17, 15) is 4.79 Å². The minimum atomic E-state index is -0.0580. The Labute approximate surface area is 100 Å². The molecule has 1 aromatic rings. The summed E-state index contributed by atoms with van der Waals surface area (Å²) in [6.45, 7) is 1.76. The van der Waals surface area contributed by atoms with Gasteiger partial charge in [0, 0.05) is 6.54 Å². The molecule has 4 nitrogen and oxygen atoms in total. The van der Waals surface area contributed by atoms with Gasteiger partial charge in [0.25, 0.3) is 5.91 Å². The smallest absolute Gasteiger partial charge is 0.263 e. The lowest BCUT2D eigenvalue weighted by Crippen LogP contribution is -2.25. The SMILES string of the molecule is CN(C)CCCCNC(=O)c1sccc1N. The molecule has 5 heteroatoms. The fraction of sp³-hybridized carbons (Fsp3) is 0.545. The van der Waals surface area contributed by atoms with Crippen molar-refractivity contribution >= 4 is 22.9 Å². The lowest BCUT2D eigenvalue weighted by Gasteiger charge is -2.09. The summed E-state index contributed by atoms with van der Waals surface area (Å²) in [4.78, 5) is 14.4. The topological polar surface area (TPSA) is 58.4 Å². The van der Waals surface area contributed by atoms with Crippen molar-refractivity contribution in [3.05, 3.63) is 16.3 Å². The fourth-order valence-electron chi connectivity index (χ4n) is 1.34. The van der Waals surface area contributed by atoms with Gasteiger partial charge in [0.2, 0.25) is 0 Å². The van der Waals surface area contributed by atoms with Gasteiger partial charge in [-0.2, -0.15) is 0 Å². The first kappa shape index (κ1) is 13.0. The average Bonchev–Trinajstić information content (AvgIpc) is 2.63. The van der Waals surface area contributed by atoms with Gasteiger partial charge in [-0.25, -0.2) is 0 Å². The number of hydrogen-bond donors (Lipinski definition) is 2. The van der Waals surface area contributed by atoms with Gasteiger partial charge in [0.1, 0.15) is 4.88 Å². The number of carbonyl (C=O) groups excluding carboxylic acids is 1. The standard InChI is InChI=1S/C11H19N3OS/c1-14(2)7-4-3-6-13-11(15)10-9(12)5-8-16-10/h5,8H,3-4,6-7,12H2,1-2H3,(H,13,15). The molecule has 0 spiro atoms. The van der Waals surface area contributed by atoms with E-state index in [1.165, 1.54) is 11.3 Å². The maximum Gasteiger partial charge on any atom is 0.263 e. The largest absolute Gasteiger partial charge is 0.397 e. The second kappa shape index (κ2) is 6.50. The molecule has 0 unspecified atom stereocenters. The third kappa shape index (κ3) is 4.20. The molecule has 0 saturated heterocycles. The summed E-state index contributed by atoms with van der Waals surface area (Å²) in [5.41, 5.74) is 6.22. The van der Waals surface area contributed by atoms with E-state index < -0.39 is 0 Å². The van der Waals surface area contributed by atoms with Crippen molar-refractivity contribution in [2.24, 2.45) is 0 Å². The lowest BCUT2D eigenvalue weighted by molar-refractivity contribution is 0.0957. The van der Waals surface area contributed by atoms with Crippen LogP contribution in [0.15, 0.2) is 11.4 Å². The molecule has 0 aliphatic rings. The van der Waals surface area contributed by atoms with Gasteiger partial charge in [0.05, 0.1) is 5.69 Å². The van der Waals surface area contributed by atoms with E-state index in [2.05, 4.69) is 10.2 Å². The van der Waals surface area contributed by atoms with E-state index in [4.69, 9.17) is 5.73 Å². The molecule has 1 heterocycles. The molecule has 1 amide bonds. The predicted octanol–water partition coefficient (Wildman–Crippen LogP) is 1.40. The number of rotatable bonds is 6. The summed E-state index contributed by atoms with van der Waals surface area (Å²) in [6, 6.07) is 1.76. The molecule has 16 heavy (non-hydrogen) atoms. The number of nitrogens with one attached hydrogen (secondary N) is 1. The van der Waals surface area contributed by atoms with E-state index >= 15 is 0 Å². The second-order valence-corrected chi connectivity index (χ2v) is 4.89. The number of amides is 1. The number of hydrogen-bond acceptors (Lipinski definition) is 4. The zero-order valence-electron chi connectivity index (χ0n) is 9.82. The van der Waals surface area contributed by atoms with Crippen molar-refractivity contribution in [1.29, 1.82) is 0 Å². The van der Waals surface area contributed by atoms with Crippen LogP contribution in [0.2, 0.25) is 0 Å². The molecule has 0 aromatic carbocycles. The van der Waals surface area contributed by atoms with Crippen molar-refractivity contribution in [3.63, 3.8) is 0 Å². The highest BCUT2D eigenvalue weighted by Gasteiger charge is 2.09. The van der Waals surface area contributed by atoms with E-state index in [1.54, 1.807) is 6.07 Å². The van der Waals surface area contributed by atoms with Gasteiger partial charge in [0.15, 0.2) is 0 Å². The Hall–Kier alpha value is -1.07. The molecular formula is C11H19N3OS. The summed E-state index contributed by atoms with van der Waals surface area (Å²) < 4.78 is 0. The van der Waals surface area contributed by atoms with E-state index in [0.717, 1.165) is 19.4 Å². The molecule has 1 aromatic heterocycles. The number of nitrogens with zero attached hydrogens (tertiary/aromatic N) is 1. The minimum absolute atomic E-state index is 0.0580. The molecule has 0 fully saturated rings. The highest BCUT2D eigenvalue weighted by molar-refractivity contribution is 7.12. The Morgan fingerprint density at radius 1 is 1.50 bits per heavy atom. The molecule has 0 aliphatic heterocycles.